The van der Waals surface area contributed by atoms with Crippen LogP contribution in [0.2, 0.25) is 0 Å². The highest BCUT2D eigenvalue weighted by Gasteiger charge is 2.47. The number of carbonyl (C=O) groups excluding carboxylic acids is 2. The molecule has 0 aliphatic heterocycles. The number of aryl methyl sites for hydroxylation is 1. The molecule has 0 unspecified atom stereocenters. The van der Waals surface area contributed by atoms with Gasteiger partial charge >= 0.3 is 0 Å². The Morgan fingerprint density at radius 3 is 2.40 bits per heavy atom. The van der Waals surface area contributed by atoms with Crippen LogP contribution in [0, 0.1) is 12.7 Å². The first-order valence-corrected chi connectivity index (χ1v) is 15.4. The highest BCUT2D eigenvalue weighted by atomic mass is 19.1. The Balaban J connectivity index is 1.27. The molecule has 0 radical (unpaired) electrons. The van der Waals surface area contributed by atoms with Crippen molar-refractivity contribution in [2.75, 3.05) is 0 Å². The predicted molar refractivity (Wildman–Crippen MR) is 178 cm³/mol. The van der Waals surface area contributed by atoms with Crippen molar-refractivity contribution in [1.29, 1.82) is 0 Å². The number of nitrogens with zero attached hydrogens (tertiary/aromatic N) is 1. The Morgan fingerprint density at radius 1 is 0.936 bits per heavy atom. The van der Waals surface area contributed by atoms with E-state index in [0.29, 0.717) is 34.6 Å². The monoisotopic (exact) mass is 625 g/mol. The first-order valence-electron chi connectivity index (χ1n) is 15.4. The smallest absolute Gasteiger partial charge is 0.255 e. The van der Waals surface area contributed by atoms with Crippen LogP contribution in [0.3, 0.4) is 0 Å². The zero-order valence-electron chi connectivity index (χ0n) is 25.8. The lowest BCUT2D eigenvalue weighted by atomic mass is 9.95. The summed E-state index contributed by atoms with van der Waals surface area (Å²) < 4.78 is 25.9. The number of fused-ring (bicyclic) bond motifs is 1. The molecule has 2 heterocycles. The van der Waals surface area contributed by atoms with E-state index in [9.17, 15) is 14.0 Å². The van der Waals surface area contributed by atoms with Gasteiger partial charge in [-0.05, 0) is 96.1 Å². The van der Waals surface area contributed by atoms with Crippen molar-refractivity contribution in [1.82, 2.24) is 10.3 Å². The molecule has 7 nitrogen and oxygen atoms in total. The molecule has 2 amide bonds. The average molecular weight is 626 g/mol. The Bertz CT molecular complexity index is 2100. The third-order valence-electron chi connectivity index (χ3n) is 8.66. The van der Waals surface area contributed by atoms with Crippen molar-refractivity contribution in [3.05, 3.63) is 154 Å². The predicted octanol–water partition coefficient (Wildman–Crippen LogP) is 7.63. The number of furan rings is 1. The van der Waals surface area contributed by atoms with E-state index >= 15 is 0 Å². The van der Waals surface area contributed by atoms with Crippen molar-refractivity contribution in [3.63, 3.8) is 0 Å². The minimum Gasteiger partial charge on any atom is -0.488 e. The number of primary amides is 1. The maximum Gasteiger partial charge on any atom is 0.255 e. The van der Waals surface area contributed by atoms with Gasteiger partial charge in [0, 0.05) is 18.0 Å². The number of nitrogens with two attached hydrogens (primary N) is 1. The molecule has 6 aromatic rings. The number of halogens is 1. The molecule has 0 spiro atoms. The fraction of sp³-hybridized carbons (Fsp3) is 0.154. The van der Waals surface area contributed by atoms with Gasteiger partial charge in [-0.2, -0.15) is 0 Å². The molecule has 8 heteroatoms. The molecule has 1 fully saturated rings. The average Bonchev–Trinajstić information content (AvgIpc) is 3.77. The molecule has 0 bridgehead atoms. The number of amides is 2. The van der Waals surface area contributed by atoms with Crippen molar-refractivity contribution in [3.8, 4) is 16.9 Å². The van der Waals surface area contributed by atoms with Crippen LogP contribution in [0.1, 0.15) is 61.7 Å². The van der Waals surface area contributed by atoms with E-state index < -0.39 is 11.4 Å². The second-order valence-corrected chi connectivity index (χ2v) is 12.0. The number of nitrogens with one attached hydrogen (secondary N) is 1. The molecule has 7 rings (SSSR count). The lowest BCUT2D eigenvalue weighted by molar-refractivity contribution is 0.0924. The van der Waals surface area contributed by atoms with Gasteiger partial charge in [-0.3, -0.25) is 14.6 Å². The van der Waals surface area contributed by atoms with Gasteiger partial charge in [0.05, 0.1) is 22.4 Å². The molecule has 1 saturated carbocycles. The first-order chi connectivity index (χ1) is 22.8. The molecule has 47 heavy (non-hydrogen) atoms. The number of carbonyl (C=O) groups is 2. The standard InChI is InChI=1S/C39H32FN3O4/c1-24-19-33(46-23-26-7-3-2-4-8-26)31(38(45)43-39(16-17-39)35-9-5-6-18-42-35)22-29(24)27-12-15-32-30(21-27)36(37(41)44)34(47-32)20-25-10-13-28(40)14-11-25/h2-15,18-19,21-22H,16-17,20,23H2,1H3,(H2,41,44)(H,43,45). The Labute approximate surface area is 271 Å². The highest BCUT2D eigenvalue weighted by molar-refractivity contribution is 6.08. The Hall–Kier alpha value is -5.76. The van der Waals surface area contributed by atoms with E-state index in [-0.39, 0.29) is 23.7 Å². The molecule has 4 aromatic carbocycles. The molecule has 0 atom stereocenters. The largest absolute Gasteiger partial charge is 0.488 e. The Kier molecular flexibility index (Phi) is 7.77. The lowest BCUT2D eigenvalue weighted by Gasteiger charge is -2.20. The van der Waals surface area contributed by atoms with Crippen LogP contribution in [0.4, 0.5) is 4.39 Å². The summed E-state index contributed by atoms with van der Waals surface area (Å²) in [6.45, 7) is 2.25. The number of hydrogen-bond acceptors (Lipinski definition) is 5. The topological polar surface area (TPSA) is 107 Å². The summed E-state index contributed by atoms with van der Waals surface area (Å²) in [5.74, 6) is -0.359. The van der Waals surface area contributed by atoms with Gasteiger partial charge in [-0.15, -0.1) is 0 Å². The van der Waals surface area contributed by atoms with E-state index in [1.165, 1.54) is 12.1 Å². The van der Waals surface area contributed by atoms with Gasteiger partial charge in [0.25, 0.3) is 11.8 Å². The van der Waals surface area contributed by atoms with Gasteiger partial charge in [-0.25, -0.2) is 4.39 Å². The van der Waals surface area contributed by atoms with Crippen molar-refractivity contribution in [2.45, 2.75) is 38.3 Å². The number of ether oxygens (including phenoxy) is 1. The van der Waals surface area contributed by atoms with E-state index in [0.717, 1.165) is 46.4 Å². The van der Waals surface area contributed by atoms with Crippen LogP contribution >= 0.6 is 0 Å². The van der Waals surface area contributed by atoms with Crippen molar-refractivity contribution in [2.24, 2.45) is 5.73 Å². The molecular weight excluding hydrogens is 593 g/mol. The molecule has 1 aliphatic carbocycles. The minimum atomic E-state index is -0.622. The SMILES string of the molecule is Cc1cc(OCc2ccccc2)c(C(=O)NC2(c3ccccn3)CC2)cc1-c1ccc2oc(Cc3ccc(F)cc3)c(C(N)=O)c2c1. The lowest BCUT2D eigenvalue weighted by Crippen LogP contribution is -2.35. The van der Waals surface area contributed by atoms with E-state index in [1.54, 1.807) is 24.4 Å². The van der Waals surface area contributed by atoms with E-state index in [4.69, 9.17) is 14.9 Å². The summed E-state index contributed by atoms with van der Waals surface area (Å²) in [4.78, 5) is 31.3. The fourth-order valence-corrected chi connectivity index (χ4v) is 6.02. The molecule has 3 N–H and O–H groups in total. The molecule has 0 saturated heterocycles. The van der Waals surface area contributed by atoms with Crippen molar-refractivity contribution >= 4 is 22.8 Å². The molecular formula is C39H32FN3O4. The van der Waals surface area contributed by atoms with Crippen LogP contribution in [-0.4, -0.2) is 16.8 Å². The molecule has 2 aromatic heterocycles. The zero-order chi connectivity index (χ0) is 32.5. The van der Waals surface area contributed by atoms with E-state index in [1.807, 2.05) is 79.7 Å². The molecule has 1 aliphatic rings. The quantitative estimate of drug-likeness (QED) is 0.163. The van der Waals surface area contributed by atoms with Crippen LogP contribution in [0.25, 0.3) is 22.1 Å². The number of hydrogen-bond donors (Lipinski definition) is 2. The van der Waals surface area contributed by atoms with Crippen LogP contribution in [-0.2, 0) is 18.6 Å². The second-order valence-electron chi connectivity index (χ2n) is 12.0. The van der Waals surface area contributed by atoms with Crippen molar-refractivity contribution < 1.29 is 23.1 Å². The van der Waals surface area contributed by atoms with Gasteiger partial charge in [0.15, 0.2) is 0 Å². The van der Waals surface area contributed by atoms with Crippen LogP contribution in [0.5, 0.6) is 5.75 Å². The first kappa shape index (κ1) is 29.9. The zero-order valence-corrected chi connectivity index (χ0v) is 25.8. The van der Waals surface area contributed by atoms with Crippen LogP contribution < -0.4 is 15.8 Å². The normalized spacial score (nSPS) is 13.3. The second kappa shape index (κ2) is 12.2. The summed E-state index contributed by atoms with van der Waals surface area (Å²) in [7, 11) is 0. The van der Waals surface area contributed by atoms with Gasteiger partial charge < -0.3 is 20.2 Å². The third kappa shape index (κ3) is 6.10. The summed E-state index contributed by atoms with van der Waals surface area (Å²) in [5.41, 5.74) is 11.6. The van der Waals surface area contributed by atoms with Gasteiger partial charge in [0.2, 0.25) is 0 Å². The fourth-order valence-electron chi connectivity index (χ4n) is 6.02. The number of pyridine rings is 1. The summed E-state index contributed by atoms with van der Waals surface area (Å²) in [5, 5.41) is 3.80. The third-order valence-corrected chi connectivity index (χ3v) is 8.66. The minimum absolute atomic E-state index is 0.263. The summed E-state index contributed by atoms with van der Waals surface area (Å²) in [6, 6.07) is 30.8. The van der Waals surface area contributed by atoms with Gasteiger partial charge in [-0.1, -0.05) is 54.6 Å². The number of rotatable bonds is 10. The van der Waals surface area contributed by atoms with Gasteiger partial charge in [0.1, 0.15) is 29.5 Å². The van der Waals surface area contributed by atoms with E-state index in [2.05, 4.69) is 10.3 Å². The molecule has 234 valence electrons. The Morgan fingerprint density at radius 2 is 1.70 bits per heavy atom. The van der Waals surface area contributed by atoms with Crippen LogP contribution in [0.15, 0.2) is 114 Å². The maximum absolute atomic E-state index is 14.0. The summed E-state index contributed by atoms with van der Waals surface area (Å²) in [6.07, 6.45) is 3.60. The maximum atomic E-state index is 14.0. The highest BCUT2D eigenvalue weighted by Crippen LogP contribution is 2.45. The number of benzene rings is 4. The number of aromatic nitrogens is 1. The summed E-state index contributed by atoms with van der Waals surface area (Å²) >= 11 is 0.